The quantitative estimate of drug-likeness (QED) is 0.926. The summed E-state index contributed by atoms with van der Waals surface area (Å²) in [5, 5.41) is 0.769. The maximum atomic E-state index is 6.28. The number of aromatic nitrogens is 1. The van der Waals surface area contributed by atoms with Gasteiger partial charge in [0.25, 0.3) is 0 Å². The Hall–Kier alpha value is -1.58. The normalized spacial score (nSPS) is 13.8. The van der Waals surface area contributed by atoms with Gasteiger partial charge in [0.15, 0.2) is 0 Å². The van der Waals surface area contributed by atoms with Crippen molar-refractivity contribution in [1.29, 1.82) is 0 Å². The summed E-state index contributed by atoms with van der Waals surface area (Å²) >= 11 is 6.28. The average molecular weight is 290 g/mol. The Morgan fingerprint density at radius 3 is 2.40 bits per heavy atom. The second-order valence-corrected chi connectivity index (χ2v) is 5.42. The summed E-state index contributed by atoms with van der Waals surface area (Å²) in [4.78, 5) is 6.59. The number of nitrogens with zero attached hydrogens (tertiary/aromatic N) is 2. The van der Waals surface area contributed by atoms with Crippen LogP contribution in [0.1, 0.15) is 37.1 Å². The summed E-state index contributed by atoms with van der Waals surface area (Å²) < 4.78 is 0. The van der Waals surface area contributed by atoms with E-state index in [1.807, 2.05) is 50.4 Å². The Labute approximate surface area is 125 Å². The fraction of sp³-hybridized carbons (Fsp3) is 0.312. The van der Waals surface area contributed by atoms with Crippen molar-refractivity contribution < 1.29 is 0 Å². The van der Waals surface area contributed by atoms with E-state index < -0.39 is 0 Å². The summed E-state index contributed by atoms with van der Waals surface area (Å²) in [7, 11) is 2.02. The lowest BCUT2D eigenvalue weighted by atomic mass is 10.1. The third kappa shape index (κ3) is 2.94. The number of anilines is 1. The maximum Gasteiger partial charge on any atom is 0.133 e. The van der Waals surface area contributed by atoms with Crippen molar-refractivity contribution in [1.82, 2.24) is 4.98 Å². The minimum absolute atomic E-state index is 0.0559. The molecule has 1 aromatic carbocycles. The first-order valence-electron chi connectivity index (χ1n) is 6.70. The van der Waals surface area contributed by atoms with E-state index in [2.05, 4.69) is 16.8 Å². The van der Waals surface area contributed by atoms with Crippen molar-refractivity contribution in [3.8, 4) is 0 Å². The molecule has 0 radical (unpaired) electrons. The SMILES string of the molecule is CC(c1ccccc1Cl)N(C)c1ncccc1[C@@H](C)N. The van der Waals surface area contributed by atoms with Gasteiger partial charge in [0, 0.05) is 29.9 Å². The largest absolute Gasteiger partial charge is 0.353 e. The highest BCUT2D eigenvalue weighted by molar-refractivity contribution is 6.31. The molecule has 0 aliphatic rings. The highest BCUT2D eigenvalue weighted by Crippen LogP contribution is 2.31. The summed E-state index contributed by atoms with van der Waals surface area (Å²) in [6.45, 7) is 4.08. The number of hydrogen-bond donors (Lipinski definition) is 1. The van der Waals surface area contributed by atoms with Gasteiger partial charge < -0.3 is 10.6 Å². The van der Waals surface area contributed by atoms with E-state index in [1.54, 1.807) is 6.20 Å². The van der Waals surface area contributed by atoms with E-state index in [0.717, 1.165) is 22.0 Å². The maximum absolute atomic E-state index is 6.28. The minimum atomic E-state index is -0.0559. The fourth-order valence-corrected chi connectivity index (χ4v) is 2.56. The summed E-state index contributed by atoms with van der Waals surface area (Å²) in [5.74, 6) is 0.898. The van der Waals surface area contributed by atoms with Crippen LogP contribution in [0.3, 0.4) is 0 Å². The molecule has 0 spiro atoms. The molecule has 0 aliphatic heterocycles. The third-order valence-corrected chi connectivity index (χ3v) is 3.92. The number of halogens is 1. The van der Waals surface area contributed by atoms with E-state index >= 15 is 0 Å². The lowest BCUT2D eigenvalue weighted by Crippen LogP contribution is -2.25. The summed E-state index contributed by atoms with van der Waals surface area (Å²) in [6, 6.07) is 11.9. The molecule has 2 aromatic rings. The first-order chi connectivity index (χ1) is 9.52. The smallest absolute Gasteiger partial charge is 0.133 e. The van der Waals surface area contributed by atoms with Crippen LogP contribution in [-0.4, -0.2) is 12.0 Å². The van der Waals surface area contributed by atoms with Crippen LogP contribution in [0.25, 0.3) is 0 Å². The van der Waals surface area contributed by atoms with Gasteiger partial charge in [-0.1, -0.05) is 35.9 Å². The molecule has 106 valence electrons. The molecule has 2 atom stereocenters. The van der Waals surface area contributed by atoms with Gasteiger partial charge >= 0.3 is 0 Å². The molecule has 2 rings (SSSR count). The first-order valence-corrected chi connectivity index (χ1v) is 7.08. The Bertz CT molecular complexity index is 583. The zero-order valence-corrected chi connectivity index (χ0v) is 12.8. The van der Waals surface area contributed by atoms with Crippen LogP contribution in [0.2, 0.25) is 5.02 Å². The van der Waals surface area contributed by atoms with Crippen LogP contribution in [0, 0.1) is 0 Å². The average Bonchev–Trinajstić information content (AvgIpc) is 2.46. The molecular weight excluding hydrogens is 270 g/mol. The molecule has 1 heterocycles. The molecule has 20 heavy (non-hydrogen) atoms. The molecule has 0 saturated heterocycles. The van der Waals surface area contributed by atoms with Crippen LogP contribution < -0.4 is 10.6 Å². The summed E-state index contributed by atoms with van der Waals surface area (Å²) in [5.41, 5.74) is 8.15. The van der Waals surface area contributed by atoms with Crippen LogP contribution in [-0.2, 0) is 0 Å². The zero-order chi connectivity index (χ0) is 14.7. The molecule has 0 bridgehead atoms. The van der Waals surface area contributed by atoms with Crippen molar-refractivity contribution in [3.63, 3.8) is 0 Å². The second-order valence-electron chi connectivity index (χ2n) is 5.01. The van der Waals surface area contributed by atoms with Crippen molar-refractivity contribution in [2.75, 3.05) is 11.9 Å². The van der Waals surface area contributed by atoms with Gasteiger partial charge in [-0.15, -0.1) is 0 Å². The van der Waals surface area contributed by atoms with Crippen molar-refractivity contribution >= 4 is 17.4 Å². The molecule has 0 saturated carbocycles. The number of nitrogens with two attached hydrogens (primary N) is 1. The van der Waals surface area contributed by atoms with Gasteiger partial charge in [0.1, 0.15) is 5.82 Å². The first kappa shape index (κ1) is 14.8. The number of hydrogen-bond acceptors (Lipinski definition) is 3. The Kier molecular flexibility index (Phi) is 4.63. The van der Waals surface area contributed by atoms with Gasteiger partial charge in [-0.25, -0.2) is 4.98 Å². The highest BCUT2D eigenvalue weighted by atomic mass is 35.5. The zero-order valence-electron chi connectivity index (χ0n) is 12.0. The van der Waals surface area contributed by atoms with Gasteiger partial charge in [0.05, 0.1) is 6.04 Å². The van der Waals surface area contributed by atoms with Crippen LogP contribution >= 0.6 is 11.6 Å². The molecule has 0 fully saturated rings. The Morgan fingerprint density at radius 2 is 1.75 bits per heavy atom. The number of benzene rings is 1. The lowest BCUT2D eigenvalue weighted by molar-refractivity contribution is 0.710. The van der Waals surface area contributed by atoms with E-state index in [9.17, 15) is 0 Å². The highest BCUT2D eigenvalue weighted by Gasteiger charge is 2.19. The number of rotatable bonds is 4. The molecular formula is C16H20ClN3. The van der Waals surface area contributed by atoms with Crippen molar-refractivity contribution in [2.45, 2.75) is 25.9 Å². The van der Waals surface area contributed by atoms with Crippen molar-refractivity contribution in [2.24, 2.45) is 5.73 Å². The Balaban J connectivity index is 2.37. The minimum Gasteiger partial charge on any atom is -0.353 e. The second kappa shape index (κ2) is 6.25. The molecule has 0 aliphatic carbocycles. The summed E-state index contributed by atoms with van der Waals surface area (Å²) in [6.07, 6.45) is 1.79. The predicted molar refractivity (Wildman–Crippen MR) is 85.1 cm³/mol. The van der Waals surface area contributed by atoms with E-state index in [4.69, 9.17) is 17.3 Å². The predicted octanol–water partition coefficient (Wildman–Crippen LogP) is 3.95. The molecule has 4 heteroatoms. The van der Waals surface area contributed by atoms with Crippen LogP contribution in [0.15, 0.2) is 42.6 Å². The molecule has 1 unspecified atom stereocenters. The molecule has 3 nitrogen and oxygen atoms in total. The number of pyridine rings is 1. The topological polar surface area (TPSA) is 42.2 Å². The standard InChI is InChI=1S/C16H20ClN3/c1-11(18)13-8-6-10-19-16(13)20(3)12(2)14-7-4-5-9-15(14)17/h4-12H,18H2,1-3H3/t11-,12?/m1/s1. The lowest BCUT2D eigenvalue weighted by Gasteiger charge is -2.29. The monoisotopic (exact) mass is 289 g/mol. The third-order valence-electron chi connectivity index (χ3n) is 3.58. The molecule has 1 aromatic heterocycles. The van der Waals surface area contributed by atoms with Gasteiger partial charge in [-0.3, -0.25) is 0 Å². The Morgan fingerprint density at radius 1 is 1.10 bits per heavy atom. The van der Waals surface area contributed by atoms with Gasteiger partial charge in [-0.2, -0.15) is 0 Å². The van der Waals surface area contributed by atoms with E-state index in [-0.39, 0.29) is 12.1 Å². The van der Waals surface area contributed by atoms with Crippen LogP contribution in [0.5, 0.6) is 0 Å². The fourth-order valence-electron chi connectivity index (χ4n) is 2.27. The molecule has 0 amide bonds. The van der Waals surface area contributed by atoms with E-state index in [1.165, 1.54) is 0 Å². The van der Waals surface area contributed by atoms with E-state index in [0.29, 0.717) is 0 Å². The molecule has 2 N–H and O–H groups in total. The van der Waals surface area contributed by atoms with Gasteiger partial charge in [0.2, 0.25) is 0 Å². The van der Waals surface area contributed by atoms with Gasteiger partial charge in [-0.05, 0) is 31.5 Å². The van der Waals surface area contributed by atoms with Crippen LogP contribution in [0.4, 0.5) is 5.82 Å². The van der Waals surface area contributed by atoms with Crippen molar-refractivity contribution in [3.05, 3.63) is 58.7 Å².